The van der Waals surface area contributed by atoms with Crippen molar-refractivity contribution in [1.82, 2.24) is 4.90 Å². The Balaban J connectivity index is 5.15. The summed E-state index contributed by atoms with van der Waals surface area (Å²) in [5.74, 6) is 0.462. The minimum Gasteiger partial charge on any atom is -0.333 e. The van der Waals surface area contributed by atoms with Crippen LogP contribution in [0.4, 0.5) is 0 Å². The number of hydrogen-bond acceptors (Lipinski definition) is 1. The minimum atomic E-state index is -0.113. The van der Waals surface area contributed by atoms with Gasteiger partial charge in [0.05, 0.1) is 0 Å². The van der Waals surface area contributed by atoms with Crippen molar-refractivity contribution in [3.63, 3.8) is 0 Å². The lowest BCUT2D eigenvalue weighted by molar-refractivity contribution is -0.147. The first-order valence-corrected chi connectivity index (χ1v) is 6.39. The molecule has 16 heavy (non-hydrogen) atoms. The van der Waals surface area contributed by atoms with Crippen molar-refractivity contribution in [3.8, 4) is 0 Å². The predicted octanol–water partition coefficient (Wildman–Crippen LogP) is 3.85. The van der Waals surface area contributed by atoms with Crippen LogP contribution in [0.25, 0.3) is 0 Å². The molecule has 0 radical (unpaired) electrons. The maximum atomic E-state index is 12.5. The van der Waals surface area contributed by atoms with Crippen LogP contribution in [0.15, 0.2) is 0 Å². The van der Waals surface area contributed by atoms with Crippen molar-refractivity contribution >= 4 is 5.91 Å². The summed E-state index contributed by atoms with van der Waals surface area (Å²) < 4.78 is 0. The fourth-order valence-corrected chi connectivity index (χ4v) is 2.49. The number of carbonyl (C=O) groups excluding carboxylic acids is 1. The number of nitrogens with zero attached hydrogens (tertiary/aromatic N) is 1. The van der Waals surface area contributed by atoms with Crippen molar-refractivity contribution in [2.75, 3.05) is 0 Å². The zero-order valence-corrected chi connectivity index (χ0v) is 12.3. The van der Waals surface area contributed by atoms with Gasteiger partial charge in [-0.2, -0.15) is 0 Å². The first kappa shape index (κ1) is 15.5. The van der Waals surface area contributed by atoms with E-state index in [0.717, 1.165) is 12.8 Å². The molecule has 0 aliphatic rings. The smallest absolute Gasteiger partial charge is 0.226 e. The third-order valence-corrected chi connectivity index (χ3v) is 2.90. The zero-order valence-electron chi connectivity index (χ0n) is 12.3. The lowest BCUT2D eigenvalue weighted by Gasteiger charge is -2.47. The molecule has 0 aromatic rings. The van der Waals surface area contributed by atoms with Crippen LogP contribution in [-0.4, -0.2) is 21.9 Å². The highest BCUT2D eigenvalue weighted by atomic mass is 16.2. The molecule has 0 spiro atoms. The van der Waals surface area contributed by atoms with Gasteiger partial charge in [-0.25, -0.2) is 0 Å². The van der Waals surface area contributed by atoms with Gasteiger partial charge in [-0.1, -0.05) is 13.8 Å². The maximum absolute atomic E-state index is 12.5. The Bertz CT molecular complexity index is 214. The van der Waals surface area contributed by atoms with E-state index in [1.165, 1.54) is 0 Å². The summed E-state index contributed by atoms with van der Waals surface area (Å²) >= 11 is 0. The van der Waals surface area contributed by atoms with E-state index >= 15 is 0 Å². The third-order valence-electron chi connectivity index (χ3n) is 2.90. The van der Waals surface area contributed by atoms with Gasteiger partial charge in [0, 0.05) is 17.0 Å². The summed E-state index contributed by atoms with van der Waals surface area (Å²) in [6, 6.07) is 0. The van der Waals surface area contributed by atoms with E-state index < -0.39 is 0 Å². The Morgan fingerprint density at radius 3 is 1.44 bits per heavy atom. The molecule has 0 N–H and O–H groups in total. The molecule has 0 aromatic carbocycles. The summed E-state index contributed by atoms with van der Waals surface area (Å²) in [5, 5.41) is 0. The lowest BCUT2D eigenvalue weighted by Crippen LogP contribution is -2.57. The molecular formula is C14H29NO. The average molecular weight is 227 g/mol. The van der Waals surface area contributed by atoms with E-state index in [4.69, 9.17) is 0 Å². The Hall–Kier alpha value is -0.530. The number of rotatable bonds is 3. The SMILES string of the molecule is CCC(CC)C(=O)N(C(C)(C)C)C(C)(C)C. The van der Waals surface area contributed by atoms with Crippen molar-refractivity contribution in [1.29, 1.82) is 0 Å². The maximum Gasteiger partial charge on any atom is 0.226 e. The second-order valence-corrected chi connectivity index (χ2v) is 6.53. The summed E-state index contributed by atoms with van der Waals surface area (Å²) in [4.78, 5) is 14.6. The Morgan fingerprint density at radius 1 is 0.938 bits per heavy atom. The standard InChI is InChI=1S/C14H29NO/c1-9-11(10-2)12(16)15(13(3,4)5)14(6,7)8/h11H,9-10H2,1-8H3. The molecule has 96 valence electrons. The highest BCUT2D eigenvalue weighted by Crippen LogP contribution is 2.28. The zero-order chi connectivity index (χ0) is 13.1. The quantitative estimate of drug-likeness (QED) is 0.717. The van der Waals surface area contributed by atoms with E-state index in [-0.39, 0.29) is 17.0 Å². The monoisotopic (exact) mass is 227 g/mol. The highest BCUT2D eigenvalue weighted by molar-refractivity contribution is 5.80. The van der Waals surface area contributed by atoms with Crippen molar-refractivity contribution in [2.24, 2.45) is 5.92 Å². The van der Waals surface area contributed by atoms with Gasteiger partial charge in [0.1, 0.15) is 0 Å². The van der Waals surface area contributed by atoms with E-state index in [1.54, 1.807) is 0 Å². The van der Waals surface area contributed by atoms with Crippen molar-refractivity contribution in [2.45, 2.75) is 79.3 Å². The van der Waals surface area contributed by atoms with Crippen LogP contribution in [0, 0.1) is 5.92 Å². The molecule has 0 bridgehead atoms. The van der Waals surface area contributed by atoms with Gasteiger partial charge < -0.3 is 4.90 Å². The molecule has 0 heterocycles. The van der Waals surface area contributed by atoms with Crippen LogP contribution in [0.5, 0.6) is 0 Å². The summed E-state index contributed by atoms with van der Waals surface area (Å²) in [6.07, 6.45) is 1.86. The molecule has 0 fully saturated rings. The fourth-order valence-electron chi connectivity index (χ4n) is 2.49. The largest absolute Gasteiger partial charge is 0.333 e. The molecule has 0 aliphatic carbocycles. The van der Waals surface area contributed by atoms with E-state index in [1.807, 2.05) is 4.90 Å². The number of amides is 1. The van der Waals surface area contributed by atoms with E-state index in [9.17, 15) is 4.79 Å². The Kier molecular flexibility index (Phi) is 5.03. The van der Waals surface area contributed by atoms with Crippen LogP contribution < -0.4 is 0 Å². The molecule has 0 atom stereocenters. The van der Waals surface area contributed by atoms with Gasteiger partial charge in [-0.3, -0.25) is 4.79 Å². The van der Waals surface area contributed by atoms with Gasteiger partial charge in [0.2, 0.25) is 5.91 Å². The summed E-state index contributed by atoms with van der Waals surface area (Å²) in [7, 11) is 0. The Labute approximate surface area is 101 Å². The van der Waals surface area contributed by atoms with Gasteiger partial charge in [-0.05, 0) is 54.4 Å². The number of carbonyl (C=O) groups is 1. The van der Waals surface area contributed by atoms with Crippen molar-refractivity contribution in [3.05, 3.63) is 0 Å². The minimum absolute atomic E-state index is 0.113. The highest BCUT2D eigenvalue weighted by Gasteiger charge is 2.37. The molecule has 0 unspecified atom stereocenters. The second-order valence-electron chi connectivity index (χ2n) is 6.53. The summed E-state index contributed by atoms with van der Waals surface area (Å²) in [5.41, 5.74) is -0.226. The van der Waals surface area contributed by atoms with Crippen molar-refractivity contribution < 1.29 is 4.79 Å². The molecule has 0 aliphatic heterocycles. The van der Waals surface area contributed by atoms with Crippen LogP contribution in [0.2, 0.25) is 0 Å². The summed E-state index contributed by atoms with van der Waals surface area (Å²) in [6.45, 7) is 16.8. The van der Waals surface area contributed by atoms with Gasteiger partial charge in [-0.15, -0.1) is 0 Å². The third kappa shape index (κ3) is 3.80. The number of hydrogen-bond donors (Lipinski definition) is 0. The first-order chi connectivity index (χ1) is 7.05. The van der Waals surface area contributed by atoms with E-state index in [2.05, 4.69) is 55.4 Å². The van der Waals surface area contributed by atoms with Gasteiger partial charge in [0.15, 0.2) is 0 Å². The van der Waals surface area contributed by atoms with Crippen LogP contribution >= 0.6 is 0 Å². The molecule has 2 heteroatoms. The predicted molar refractivity (Wildman–Crippen MR) is 70.4 cm³/mol. The molecule has 0 rings (SSSR count). The fraction of sp³-hybridized carbons (Fsp3) is 0.929. The molecule has 0 saturated heterocycles. The van der Waals surface area contributed by atoms with Gasteiger partial charge in [0.25, 0.3) is 0 Å². The molecule has 1 amide bonds. The normalized spacial score (nSPS) is 13.1. The van der Waals surface area contributed by atoms with Crippen LogP contribution in [-0.2, 0) is 4.79 Å². The van der Waals surface area contributed by atoms with E-state index in [0.29, 0.717) is 5.91 Å². The topological polar surface area (TPSA) is 20.3 Å². The van der Waals surface area contributed by atoms with Crippen LogP contribution in [0.1, 0.15) is 68.2 Å². The second kappa shape index (κ2) is 5.20. The first-order valence-electron chi connectivity index (χ1n) is 6.39. The average Bonchev–Trinajstić information content (AvgIpc) is 2.00. The molecule has 0 saturated carbocycles. The lowest BCUT2D eigenvalue weighted by atomic mass is 9.91. The molecular weight excluding hydrogens is 198 g/mol. The van der Waals surface area contributed by atoms with Gasteiger partial charge >= 0.3 is 0 Å². The molecule has 0 aromatic heterocycles. The molecule has 2 nitrogen and oxygen atoms in total. The Morgan fingerprint density at radius 2 is 1.25 bits per heavy atom. The van der Waals surface area contributed by atoms with Crippen LogP contribution in [0.3, 0.4) is 0 Å².